The van der Waals surface area contributed by atoms with Crippen LogP contribution in [-0.2, 0) is 0 Å². The Morgan fingerprint density at radius 3 is 2.29 bits per heavy atom. The van der Waals surface area contributed by atoms with Crippen molar-refractivity contribution >= 4 is 16.9 Å². The second-order valence-corrected chi connectivity index (χ2v) is 5.51. The van der Waals surface area contributed by atoms with Gasteiger partial charge in [-0.15, -0.1) is 0 Å². The van der Waals surface area contributed by atoms with Crippen molar-refractivity contribution in [2.45, 2.75) is 37.8 Å². The minimum atomic E-state index is -4.60. The molecule has 1 unspecified atom stereocenters. The molecule has 0 bridgehead atoms. The number of rotatable bonds is 8. The molecule has 1 rings (SSSR count). The molecule has 0 N–H and O–H groups in total. The van der Waals surface area contributed by atoms with Crippen LogP contribution in [0.3, 0.4) is 0 Å². The molecule has 0 spiro atoms. The fourth-order valence-corrected chi connectivity index (χ4v) is 2.41. The van der Waals surface area contributed by atoms with E-state index < -0.39 is 24.9 Å². The second-order valence-electron chi connectivity index (χ2n) is 4.44. The zero-order valence-electron chi connectivity index (χ0n) is 11.1. The maximum absolute atomic E-state index is 13.0. The molecule has 0 aliphatic rings. The Morgan fingerprint density at radius 1 is 1.10 bits per heavy atom. The first-order valence-electron chi connectivity index (χ1n) is 6.38. The van der Waals surface area contributed by atoms with Gasteiger partial charge in [0.25, 0.3) is 0 Å². The molecule has 0 amide bonds. The van der Waals surface area contributed by atoms with E-state index in [2.05, 4.69) is 0 Å². The molecule has 1 aromatic carbocycles. The third-order valence-electron chi connectivity index (χ3n) is 2.80. The first-order chi connectivity index (χ1) is 9.85. The van der Waals surface area contributed by atoms with Crippen LogP contribution in [0.5, 0.6) is 0 Å². The molecule has 0 heterocycles. The van der Waals surface area contributed by atoms with Gasteiger partial charge in [-0.25, -0.2) is 13.2 Å². The van der Waals surface area contributed by atoms with Gasteiger partial charge in [0.1, 0.15) is 0 Å². The molecule has 21 heavy (non-hydrogen) atoms. The minimum Gasteiger partial charge on any atom is -0.282 e. The predicted molar refractivity (Wildman–Crippen MR) is 72.9 cm³/mol. The number of halogens is 5. The van der Waals surface area contributed by atoms with Crippen molar-refractivity contribution in [3.05, 3.63) is 35.9 Å². The quantitative estimate of drug-likeness (QED) is 0.496. The summed E-state index contributed by atoms with van der Waals surface area (Å²) in [5.74, 6) is -4.27. The smallest absolute Gasteiger partial charge is 0.282 e. The van der Waals surface area contributed by atoms with E-state index in [1.54, 1.807) is 30.3 Å². The van der Waals surface area contributed by atoms with Crippen LogP contribution in [0.15, 0.2) is 30.3 Å². The van der Waals surface area contributed by atoms with Gasteiger partial charge in [0, 0.05) is 11.3 Å². The Balaban J connectivity index is 2.22. The molecule has 0 fully saturated rings. The molecule has 118 valence electrons. The number of alkyl halides is 5. The minimum absolute atomic E-state index is 0.0263. The summed E-state index contributed by atoms with van der Waals surface area (Å²) in [7, 11) is 0. The fourth-order valence-electron chi connectivity index (χ4n) is 1.58. The van der Waals surface area contributed by atoms with Gasteiger partial charge in [0.2, 0.25) is 5.12 Å². The van der Waals surface area contributed by atoms with Crippen molar-refractivity contribution in [3.8, 4) is 0 Å². The topological polar surface area (TPSA) is 17.1 Å². The van der Waals surface area contributed by atoms with E-state index >= 15 is 0 Å². The summed E-state index contributed by atoms with van der Waals surface area (Å²) in [6.07, 6.45) is -7.16. The zero-order valence-corrected chi connectivity index (χ0v) is 11.9. The van der Waals surface area contributed by atoms with Gasteiger partial charge in [-0.3, -0.25) is 4.79 Å². The van der Waals surface area contributed by atoms with Crippen LogP contribution in [0.4, 0.5) is 22.0 Å². The predicted octanol–water partition coefficient (Wildman–Crippen LogP) is 4.97. The van der Waals surface area contributed by atoms with E-state index in [1.807, 2.05) is 0 Å². The van der Waals surface area contributed by atoms with Crippen molar-refractivity contribution in [2.24, 2.45) is 0 Å². The summed E-state index contributed by atoms with van der Waals surface area (Å²) < 4.78 is 62.0. The molecule has 1 nitrogen and oxygen atoms in total. The van der Waals surface area contributed by atoms with Gasteiger partial charge >= 0.3 is 12.3 Å². The van der Waals surface area contributed by atoms with Crippen LogP contribution >= 0.6 is 11.8 Å². The summed E-state index contributed by atoms with van der Waals surface area (Å²) >= 11 is 0.998. The maximum atomic E-state index is 13.0. The number of benzene rings is 1. The highest BCUT2D eigenvalue weighted by Gasteiger charge is 2.48. The third kappa shape index (κ3) is 5.65. The summed E-state index contributed by atoms with van der Waals surface area (Å²) in [5, 5.41) is -0.162. The monoisotopic (exact) mass is 326 g/mol. The largest absolute Gasteiger partial charge is 0.337 e. The Labute approximate surface area is 123 Å². The zero-order chi connectivity index (χ0) is 15.9. The molecule has 0 aliphatic heterocycles. The Kier molecular flexibility index (Phi) is 7.14. The van der Waals surface area contributed by atoms with Gasteiger partial charge in [-0.2, -0.15) is 8.78 Å². The van der Waals surface area contributed by atoms with Crippen LogP contribution in [-0.4, -0.2) is 29.4 Å². The molecular weight excluding hydrogens is 311 g/mol. The maximum Gasteiger partial charge on any atom is 0.337 e. The van der Waals surface area contributed by atoms with Crippen molar-refractivity contribution in [3.63, 3.8) is 0 Å². The molecule has 0 aromatic heterocycles. The fraction of sp³-hybridized carbons (Fsp3) is 0.500. The van der Waals surface area contributed by atoms with Crippen molar-refractivity contribution in [1.82, 2.24) is 0 Å². The summed E-state index contributed by atoms with van der Waals surface area (Å²) in [6.45, 7) is 0. The number of thioether (sulfide) groups is 1. The summed E-state index contributed by atoms with van der Waals surface area (Å²) in [5.41, 5.74) is 0.523. The highest BCUT2D eigenvalue weighted by Crippen LogP contribution is 2.31. The molecule has 0 aliphatic carbocycles. The van der Waals surface area contributed by atoms with Crippen LogP contribution in [0, 0.1) is 0 Å². The van der Waals surface area contributed by atoms with Crippen LogP contribution in [0.1, 0.15) is 29.6 Å². The van der Waals surface area contributed by atoms with E-state index in [0.717, 1.165) is 11.8 Å². The van der Waals surface area contributed by atoms with Gasteiger partial charge in [0.05, 0.1) is 0 Å². The van der Waals surface area contributed by atoms with E-state index in [4.69, 9.17) is 0 Å². The number of hydrogen-bond acceptors (Lipinski definition) is 2. The van der Waals surface area contributed by atoms with Crippen LogP contribution < -0.4 is 0 Å². The lowest BCUT2D eigenvalue weighted by Gasteiger charge is -2.19. The van der Waals surface area contributed by atoms with Crippen molar-refractivity contribution < 1.29 is 26.7 Å². The van der Waals surface area contributed by atoms with Gasteiger partial charge < -0.3 is 0 Å². The SMILES string of the molecule is O=C(SCCCCC(F)C(F)(F)C(F)F)c1ccccc1. The lowest BCUT2D eigenvalue weighted by molar-refractivity contribution is -0.172. The third-order valence-corrected chi connectivity index (χ3v) is 3.79. The van der Waals surface area contributed by atoms with Crippen LogP contribution in [0.2, 0.25) is 0 Å². The molecule has 1 aromatic rings. The Bertz CT molecular complexity index is 438. The standard InChI is InChI=1S/C14H15F5OS/c15-11(14(18,19)13(16)17)8-4-5-9-21-12(20)10-6-2-1-3-7-10/h1-3,6-7,11,13H,4-5,8-9H2. The van der Waals surface area contributed by atoms with Gasteiger partial charge in [-0.05, 0) is 19.3 Å². The Morgan fingerprint density at radius 2 is 1.71 bits per heavy atom. The average molecular weight is 326 g/mol. The highest BCUT2D eigenvalue weighted by molar-refractivity contribution is 8.14. The van der Waals surface area contributed by atoms with E-state index in [0.29, 0.717) is 17.7 Å². The highest BCUT2D eigenvalue weighted by atomic mass is 32.2. The van der Waals surface area contributed by atoms with Crippen molar-refractivity contribution in [1.29, 1.82) is 0 Å². The average Bonchev–Trinajstić information content (AvgIpc) is 2.47. The number of carbonyl (C=O) groups excluding carboxylic acids is 1. The molecule has 0 radical (unpaired) electrons. The normalized spacial score (nSPS) is 13.4. The van der Waals surface area contributed by atoms with E-state index in [1.165, 1.54) is 0 Å². The first kappa shape index (κ1) is 17.9. The van der Waals surface area contributed by atoms with Crippen molar-refractivity contribution in [2.75, 3.05) is 5.75 Å². The molecular formula is C14H15F5OS. The summed E-state index contributed by atoms with van der Waals surface area (Å²) in [6, 6.07) is 8.50. The number of carbonyl (C=O) groups is 1. The molecule has 7 heteroatoms. The summed E-state index contributed by atoms with van der Waals surface area (Å²) in [4.78, 5) is 11.7. The van der Waals surface area contributed by atoms with E-state index in [9.17, 15) is 26.7 Å². The van der Waals surface area contributed by atoms with E-state index in [-0.39, 0.29) is 11.5 Å². The molecule has 0 saturated carbocycles. The Hall–Kier alpha value is -1.11. The van der Waals surface area contributed by atoms with Gasteiger partial charge in [0.15, 0.2) is 6.17 Å². The number of unbranched alkanes of at least 4 members (excludes halogenated alkanes) is 1. The first-order valence-corrected chi connectivity index (χ1v) is 7.36. The lowest BCUT2D eigenvalue weighted by atomic mass is 10.1. The number of hydrogen-bond donors (Lipinski definition) is 0. The van der Waals surface area contributed by atoms with Crippen LogP contribution in [0.25, 0.3) is 0 Å². The second kappa shape index (κ2) is 8.36. The van der Waals surface area contributed by atoms with Gasteiger partial charge in [-0.1, -0.05) is 42.1 Å². The molecule has 1 atom stereocenters. The molecule has 0 saturated heterocycles. The lowest BCUT2D eigenvalue weighted by Crippen LogP contribution is -2.37.